The number of nitrogens with one attached hydrogen (secondary N) is 1. The van der Waals surface area contributed by atoms with E-state index in [2.05, 4.69) is 165 Å². The molecular weight excluding hydrogens is 821 g/mol. The molecule has 2 heteroatoms. The van der Waals surface area contributed by atoms with Gasteiger partial charge in [0.25, 0.3) is 0 Å². The van der Waals surface area contributed by atoms with Gasteiger partial charge >= 0.3 is 0 Å². The van der Waals surface area contributed by atoms with Crippen molar-refractivity contribution in [1.82, 2.24) is 5.32 Å². The van der Waals surface area contributed by atoms with E-state index < -0.39 is 5.66 Å². The normalized spacial score (nSPS) is 29.9. The molecule has 10 aliphatic rings. The Morgan fingerprint density at radius 2 is 1.53 bits per heavy atom. The molecule has 8 unspecified atom stereocenters. The van der Waals surface area contributed by atoms with Crippen molar-refractivity contribution in [1.29, 1.82) is 0 Å². The number of hydrogen-bond acceptors (Lipinski definition) is 2. The molecule has 2 saturated carbocycles. The van der Waals surface area contributed by atoms with Gasteiger partial charge in [0.1, 0.15) is 0 Å². The van der Waals surface area contributed by atoms with Crippen LogP contribution < -0.4 is 5.32 Å². The lowest BCUT2D eigenvalue weighted by molar-refractivity contribution is 0.390. The maximum Gasteiger partial charge on any atom is 0.153 e. The Bertz CT molecular complexity index is 3370. The maximum absolute atomic E-state index is 6.00. The van der Waals surface area contributed by atoms with Crippen molar-refractivity contribution in [3.05, 3.63) is 223 Å². The molecule has 1 N–H and O–H groups in total. The molecule has 0 spiro atoms. The lowest BCUT2D eigenvalue weighted by atomic mass is 9.69. The molecule has 0 radical (unpaired) electrons. The molecule has 0 amide bonds. The monoisotopic (exact) mass is 880 g/mol. The topological polar surface area (TPSA) is 24.4 Å². The number of hydrogen-bond donors (Lipinski definition) is 1. The molecule has 334 valence electrons. The molecule has 0 saturated heterocycles. The second-order valence-corrected chi connectivity index (χ2v) is 22.2. The second kappa shape index (κ2) is 14.9. The first-order chi connectivity index (χ1) is 33.5. The molecular formula is C66H60N2. The van der Waals surface area contributed by atoms with Crippen LogP contribution in [0.4, 0.5) is 0 Å². The summed E-state index contributed by atoms with van der Waals surface area (Å²) in [5.41, 5.74) is 27.3. The Hall–Kier alpha value is -6.25. The zero-order valence-corrected chi connectivity index (χ0v) is 39.6. The molecule has 1 aliphatic heterocycles. The fourth-order valence-electron chi connectivity index (χ4n) is 15.1. The highest BCUT2D eigenvalue weighted by Crippen LogP contribution is 2.62. The highest BCUT2D eigenvalue weighted by atomic mass is 15.2. The van der Waals surface area contributed by atoms with Crippen LogP contribution in [0.5, 0.6) is 0 Å². The molecule has 2 nitrogen and oxygen atoms in total. The van der Waals surface area contributed by atoms with E-state index in [4.69, 9.17) is 4.99 Å². The first kappa shape index (κ1) is 39.7. The van der Waals surface area contributed by atoms with E-state index in [1.807, 2.05) is 0 Å². The minimum atomic E-state index is -0.692. The molecule has 0 bridgehead atoms. The number of aliphatic imine (C=N–C) groups is 1. The number of fused-ring (bicyclic) bond motifs is 11. The van der Waals surface area contributed by atoms with Crippen LogP contribution in [0, 0.1) is 29.6 Å². The van der Waals surface area contributed by atoms with Crippen molar-refractivity contribution in [3.63, 3.8) is 0 Å². The smallest absolute Gasteiger partial charge is 0.153 e. The van der Waals surface area contributed by atoms with E-state index in [9.17, 15) is 0 Å². The number of benzene rings is 5. The lowest BCUT2D eigenvalue weighted by Crippen LogP contribution is -2.45. The third kappa shape index (κ3) is 5.91. The molecule has 68 heavy (non-hydrogen) atoms. The van der Waals surface area contributed by atoms with E-state index in [0.717, 1.165) is 50.4 Å². The fraction of sp³-hybridized carbons (Fsp3) is 0.318. The number of allylic oxidation sites excluding steroid dienone is 14. The summed E-state index contributed by atoms with van der Waals surface area (Å²) >= 11 is 0. The van der Waals surface area contributed by atoms with Crippen molar-refractivity contribution in [2.24, 2.45) is 34.6 Å². The zero-order valence-electron chi connectivity index (χ0n) is 39.6. The number of nitrogens with zero attached hydrogens (tertiary/aromatic N) is 1. The van der Waals surface area contributed by atoms with Crippen molar-refractivity contribution in [3.8, 4) is 11.1 Å². The van der Waals surface area contributed by atoms with E-state index in [1.165, 1.54) is 121 Å². The predicted molar refractivity (Wildman–Crippen MR) is 281 cm³/mol. The van der Waals surface area contributed by atoms with Gasteiger partial charge in [0.05, 0.1) is 5.71 Å². The summed E-state index contributed by atoms with van der Waals surface area (Å²) in [7, 11) is 0. The summed E-state index contributed by atoms with van der Waals surface area (Å²) in [5.74, 6) is 3.50. The molecule has 15 rings (SSSR count). The average molecular weight is 881 g/mol. The Balaban J connectivity index is 0.924. The number of rotatable bonds is 5. The summed E-state index contributed by atoms with van der Waals surface area (Å²) in [4.78, 5) is 6.00. The maximum atomic E-state index is 6.00. The Kier molecular flexibility index (Phi) is 8.69. The largest absolute Gasteiger partial charge is 0.360 e. The summed E-state index contributed by atoms with van der Waals surface area (Å²) in [6, 6.07) is 36.1. The molecule has 9 aliphatic carbocycles. The third-order valence-electron chi connectivity index (χ3n) is 18.5. The van der Waals surface area contributed by atoms with Crippen LogP contribution >= 0.6 is 0 Å². The molecule has 8 atom stereocenters. The minimum absolute atomic E-state index is 0.0568. The van der Waals surface area contributed by atoms with Crippen molar-refractivity contribution in [2.45, 2.75) is 102 Å². The van der Waals surface area contributed by atoms with Gasteiger partial charge in [-0.2, -0.15) is 0 Å². The van der Waals surface area contributed by atoms with Gasteiger partial charge in [0.2, 0.25) is 0 Å². The lowest BCUT2D eigenvalue weighted by Gasteiger charge is -2.41. The molecule has 1 heterocycles. The standard InChI is InChI=1S/C66H60N2/c1-38-64(50-27-11-19-39-15-5-7-22-45(39)50)67-66(2,68-65(38)51-28-13-21-43-35-54(43)51)60-30-10-9-24-52(60)63-53-29-14-26-47(62(53)58-33-41-17-3-4-18-42(41)34-59(58)63)56-37-57-48(25-12-20-44-36-55(44)57)61-46-23-8-6-16-40(46)31-32-49(56)61/h3-4,7-11,13-14,17-19,21-24,26,28-34,43-44,50,54-56,63,67H,5-6,12,15-16,20,25,27,35-37H2,1-2H3. The number of aryl methyl sites for hydroxylation is 1. The van der Waals surface area contributed by atoms with Crippen LogP contribution in [-0.2, 0) is 12.1 Å². The summed E-state index contributed by atoms with van der Waals surface area (Å²) in [5, 5.41) is 6.94. The summed E-state index contributed by atoms with van der Waals surface area (Å²) in [6.45, 7) is 4.74. The van der Waals surface area contributed by atoms with Gasteiger partial charge < -0.3 is 5.32 Å². The first-order valence-corrected chi connectivity index (χ1v) is 26.3. The predicted octanol–water partition coefficient (Wildman–Crippen LogP) is 15.9. The highest BCUT2D eigenvalue weighted by Gasteiger charge is 2.48. The van der Waals surface area contributed by atoms with Gasteiger partial charge in [-0.3, -0.25) is 4.99 Å². The molecule has 0 aromatic heterocycles. The van der Waals surface area contributed by atoms with Gasteiger partial charge in [-0.25, -0.2) is 0 Å². The highest BCUT2D eigenvalue weighted by molar-refractivity contribution is 6.14. The van der Waals surface area contributed by atoms with Gasteiger partial charge in [-0.1, -0.05) is 139 Å². The van der Waals surface area contributed by atoms with Gasteiger partial charge in [0.15, 0.2) is 5.66 Å². The van der Waals surface area contributed by atoms with E-state index in [0.29, 0.717) is 17.8 Å². The van der Waals surface area contributed by atoms with Crippen LogP contribution in [0.1, 0.15) is 140 Å². The van der Waals surface area contributed by atoms with E-state index in [-0.39, 0.29) is 11.8 Å². The molecule has 5 aromatic carbocycles. The first-order valence-electron chi connectivity index (χ1n) is 26.3. The Morgan fingerprint density at radius 3 is 2.47 bits per heavy atom. The van der Waals surface area contributed by atoms with Gasteiger partial charge in [-0.05, 0) is 215 Å². The Morgan fingerprint density at radius 1 is 0.706 bits per heavy atom. The van der Waals surface area contributed by atoms with E-state index >= 15 is 0 Å². The van der Waals surface area contributed by atoms with Crippen LogP contribution in [0.2, 0.25) is 0 Å². The fourth-order valence-corrected chi connectivity index (χ4v) is 15.1. The van der Waals surface area contributed by atoms with Crippen LogP contribution in [-0.4, -0.2) is 5.71 Å². The Labute approximate surface area is 402 Å². The SMILES string of the molecule is CC1=C(C2CC=CC3=C2C=CCC3)NC(C)(c2ccccc2C2c3cc4ccccc4cc3-c3c(C4CC5=C(CCCC6CC56)c5c4ccc4c5C=CCC4)cccc32)N=C1C1=CC=CC2CC12. The summed E-state index contributed by atoms with van der Waals surface area (Å²) < 4.78 is 0. The van der Waals surface area contributed by atoms with E-state index in [1.54, 1.807) is 27.8 Å². The third-order valence-corrected chi connectivity index (χ3v) is 18.5. The quantitative estimate of drug-likeness (QED) is 0.183. The van der Waals surface area contributed by atoms with Crippen molar-refractivity contribution in [2.75, 3.05) is 0 Å². The van der Waals surface area contributed by atoms with Crippen LogP contribution in [0.3, 0.4) is 0 Å². The molecule has 2 fully saturated rings. The van der Waals surface area contributed by atoms with Gasteiger partial charge in [-0.15, -0.1) is 0 Å². The zero-order chi connectivity index (χ0) is 44.8. The molecule has 5 aromatic rings. The van der Waals surface area contributed by atoms with Crippen LogP contribution in [0.15, 0.2) is 178 Å². The minimum Gasteiger partial charge on any atom is -0.360 e. The van der Waals surface area contributed by atoms with Crippen molar-refractivity contribution >= 4 is 28.1 Å². The average Bonchev–Trinajstić information content (AvgIpc) is 4.32. The second-order valence-electron chi connectivity index (χ2n) is 22.2. The van der Waals surface area contributed by atoms with Gasteiger partial charge in [0, 0.05) is 29.0 Å². The summed E-state index contributed by atoms with van der Waals surface area (Å²) in [6.07, 6.45) is 35.0. The van der Waals surface area contributed by atoms with Crippen molar-refractivity contribution < 1.29 is 0 Å². The van der Waals surface area contributed by atoms with Crippen LogP contribution in [0.25, 0.3) is 33.5 Å².